The van der Waals surface area contributed by atoms with Crippen LogP contribution in [0.4, 0.5) is 0 Å². The van der Waals surface area contributed by atoms with E-state index in [0.717, 1.165) is 26.9 Å². The summed E-state index contributed by atoms with van der Waals surface area (Å²) in [6.07, 6.45) is 0.764. The summed E-state index contributed by atoms with van der Waals surface area (Å²) in [4.78, 5) is 1.18. The van der Waals surface area contributed by atoms with Crippen LogP contribution in [0.2, 0.25) is 9.36 Å². The number of hydrogen-bond acceptors (Lipinski definition) is 2. The van der Waals surface area contributed by atoms with E-state index in [1.807, 2.05) is 37.3 Å². The maximum Gasteiger partial charge on any atom is 0.0931 e. The number of benzene rings is 1. The lowest BCUT2D eigenvalue weighted by molar-refractivity contribution is 0.730. The summed E-state index contributed by atoms with van der Waals surface area (Å²) >= 11 is 13.6. The molecule has 0 amide bonds. The minimum atomic E-state index is -0.0854. The highest BCUT2D eigenvalue weighted by Gasteiger charge is 2.12. The predicted molar refractivity (Wildman–Crippen MR) is 76.2 cm³/mol. The Hall–Kier alpha value is -0.540. The van der Waals surface area contributed by atoms with Gasteiger partial charge in [-0.05, 0) is 36.2 Å². The molecule has 1 aromatic heterocycles. The zero-order valence-corrected chi connectivity index (χ0v) is 11.7. The topological polar surface area (TPSA) is 26.0 Å². The number of halogens is 2. The van der Waals surface area contributed by atoms with Crippen molar-refractivity contribution in [3.8, 4) is 0 Å². The molecule has 0 aliphatic rings. The van der Waals surface area contributed by atoms with Crippen LogP contribution < -0.4 is 5.73 Å². The summed E-state index contributed by atoms with van der Waals surface area (Å²) in [5, 5.41) is 0.736. The van der Waals surface area contributed by atoms with Gasteiger partial charge >= 0.3 is 0 Å². The molecule has 0 saturated carbocycles. The summed E-state index contributed by atoms with van der Waals surface area (Å²) < 4.78 is 0.794. The Morgan fingerprint density at radius 1 is 1.24 bits per heavy atom. The Balaban J connectivity index is 2.17. The van der Waals surface area contributed by atoms with Crippen LogP contribution in [0.5, 0.6) is 0 Å². The minimum Gasteiger partial charge on any atom is -0.324 e. The molecule has 0 aliphatic heterocycles. The lowest BCUT2D eigenvalue weighted by Gasteiger charge is -2.13. The molecular formula is C13H13Cl2NS. The average Bonchev–Trinajstić information content (AvgIpc) is 2.63. The molecule has 90 valence electrons. The summed E-state index contributed by atoms with van der Waals surface area (Å²) in [7, 11) is 0. The van der Waals surface area contributed by atoms with Crippen LogP contribution in [0.25, 0.3) is 0 Å². The van der Waals surface area contributed by atoms with E-state index in [9.17, 15) is 0 Å². The van der Waals surface area contributed by atoms with Crippen LogP contribution in [-0.4, -0.2) is 0 Å². The Bertz CT molecular complexity index is 522. The number of aryl methyl sites for hydroxylation is 1. The van der Waals surface area contributed by atoms with Gasteiger partial charge in [0, 0.05) is 22.4 Å². The fourth-order valence-corrected chi connectivity index (χ4v) is 3.24. The van der Waals surface area contributed by atoms with E-state index in [0.29, 0.717) is 0 Å². The van der Waals surface area contributed by atoms with Crippen molar-refractivity contribution in [3.05, 3.63) is 55.7 Å². The van der Waals surface area contributed by atoms with Crippen LogP contribution >= 0.6 is 34.5 Å². The van der Waals surface area contributed by atoms with Crippen molar-refractivity contribution in [1.29, 1.82) is 0 Å². The highest BCUT2D eigenvalue weighted by molar-refractivity contribution is 7.16. The van der Waals surface area contributed by atoms with Crippen LogP contribution in [-0.2, 0) is 6.42 Å². The van der Waals surface area contributed by atoms with Gasteiger partial charge in [-0.25, -0.2) is 0 Å². The molecule has 1 nitrogen and oxygen atoms in total. The molecule has 2 rings (SSSR count). The second kappa shape index (κ2) is 5.40. The number of nitrogens with two attached hydrogens (primary N) is 1. The molecule has 2 aromatic rings. The van der Waals surface area contributed by atoms with Crippen molar-refractivity contribution in [2.75, 3.05) is 0 Å². The van der Waals surface area contributed by atoms with Gasteiger partial charge in [-0.3, -0.25) is 0 Å². The number of rotatable bonds is 3. The van der Waals surface area contributed by atoms with Gasteiger partial charge in [-0.2, -0.15) is 0 Å². The van der Waals surface area contributed by atoms with E-state index in [1.165, 1.54) is 4.88 Å². The monoisotopic (exact) mass is 285 g/mol. The summed E-state index contributed by atoms with van der Waals surface area (Å²) in [5.41, 5.74) is 8.30. The molecule has 17 heavy (non-hydrogen) atoms. The first-order valence-electron chi connectivity index (χ1n) is 5.32. The fourth-order valence-electron chi connectivity index (χ4n) is 1.72. The average molecular weight is 286 g/mol. The normalized spacial score (nSPS) is 12.7. The quantitative estimate of drug-likeness (QED) is 0.876. The molecule has 0 saturated heterocycles. The largest absolute Gasteiger partial charge is 0.324 e. The van der Waals surface area contributed by atoms with Gasteiger partial charge < -0.3 is 5.73 Å². The van der Waals surface area contributed by atoms with Gasteiger partial charge in [0.15, 0.2) is 0 Å². The van der Waals surface area contributed by atoms with Gasteiger partial charge in [-0.1, -0.05) is 35.3 Å². The van der Waals surface area contributed by atoms with Gasteiger partial charge in [0.2, 0.25) is 0 Å². The van der Waals surface area contributed by atoms with Crippen molar-refractivity contribution in [2.24, 2.45) is 5.73 Å². The van der Waals surface area contributed by atoms with Crippen LogP contribution in [0, 0.1) is 6.92 Å². The van der Waals surface area contributed by atoms with Crippen molar-refractivity contribution >= 4 is 34.5 Å². The molecule has 2 N–H and O–H groups in total. The maximum absolute atomic E-state index is 6.19. The summed E-state index contributed by atoms with van der Waals surface area (Å²) in [5.74, 6) is 0. The van der Waals surface area contributed by atoms with E-state index in [2.05, 4.69) is 0 Å². The van der Waals surface area contributed by atoms with Crippen molar-refractivity contribution < 1.29 is 0 Å². The third-order valence-corrected chi connectivity index (χ3v) is 4.19. The molecule has 0 aliphatic carbocycles. The molecule has 0 spiro atoms. The highest BCUT2D eigenvalue weighted by atomic mass is 35.5. The molecule has 4 heteroatoms. The van der Waals surface area contributed by atoms with E-state index < -0.39 is 0 Å². The van der Waals surface area contributed by atoms with Gasteiger partial charge in [0.1, 0.15) is 0 Å². The molecular weight excluding hydrogens is 273 g/mol. The molecule has 1 unspecified atom stereocenters. The third-order valence-electron chi connectivity index (χ3n) is 2.61. The van der Waals surface area contributed by atoms with Crippen LogP contribution in [0.3, 0.4) is 0 Å². The Labute approximate surface area is 115 Å². The predicted octanol–water partition coefficient (Wildman–Crippen LogP) is 4.61. The second-order valence-corrected chi connectivity index (χ2v) is 6.25. The van der Waals surface area contributed by atoms with Crippen molar-refractivity contribution in [1.82, 2.24) is 0 Å². The van der Waals surface area contributed by atoms with Crippen LogP contribution in [0.15, 0.2) is 30.3 Å². The SMILES string of the molecule is Cc1ccc(C(N)Cc2ccc(Cl)s2)c(Cl)c1. The third kappa shape index (κ3) is 3.23. The lowest BCUT2D eigenvalue weighted by atomic mass is 10.0. The van der Waals surface area contributed by atoms with E-state index in [4.69, 9.17) is 28.9 Å². The zero-order valence-electron chi connectivity index (χ0n) is 9.41. The smallest absolute Gasteiger partial charge is 0.0931 e. The van der Waals surface area contributed by atoms with E-state index in [1.54, 1.807) is 11.3 Å². The Kier molecular flexibility index (Phi) is 4.10. The first-order valence-corrected chi connectivity index (χ1v) is 6.89. The molecule has 1 heterocycles. The molecule has 0 bridgehead atoms. The molecule has 1 aromatic carbocycles. The lowest BCUT2D eigenvalue weighted by Crippen LogP contribution is -2.13. The van der Waals surface area contributed by atoms with E-state index >= 15 is 0 Å². The summed E-state index contributed by atoms with van der Waals surface area (Å²) in [6.45, 7) is 2.01. The van der Waals surface area contributed by atoms with Gasteiger partial charge in [0.05, 0.1) is 4.34 Å². The molecule has 1 atom stereocenters. The Morgan fingerprint density at radius 2 is 2.00 bits per heavy atom. The standard InChI is InChI=1S/C13H13Cl2NS/c1-8-2-4-10(11(14)6-8)12(16)7-9-3-5-13(15)17-9/h2-6,12H,7,16H2,1H3. The first kappa shape index (κ1) is 12.9. The van der Waals surface area contributed by atoms with Gasteiger partial charge in [-0.15, -0.1) is 11.3 Å². The summed E-state index contributed by atoms with van der Waals surface area (Å²) in [6, 6.07) is 9.79. The second-order valence-electron chi connectivity index (χ2n) is 4.04. The molecule has 0 radical (unpaired) electrons. The first-order chi connectivity index (χ1) is 8.06. The van der Waals surface area contributed by atoms with Crippen LogP contribution in [0.1, 0.15) is 22.0 Å². The van der Waals surface area contributed by atoms with Crippen molar-refractivity contribution in [2.45, 2.75) is 19.4 Å². The Morgan fingerprint density at radius 3 is 2.59 bits per heavy atom. The minimum absolute atomic E-state index is 0.0854. The highest BCUT2D eigenvalue weighted by Crippen LogP contribution is 2.28. The van der Waals surface area contributed by atoms with Crippen molar-refractivity contribution in [3.63, 3.8) is 0 Å². The van der Waals surface area contributed by atoms with Gasteiger partial charge in [0.25, 0.3) is 0 Å². The number of thiophene rings is 1. The zero-order chi connectivity index (χ0) is 12.4. The fraction of sp³-hybridized carbons (Fsp3) is 0.231. The molecule has 0 fully saturated rings. The number of hydrogen-bond donors (Lipinski definition) is 1. The maximum atomic E-state index is 6.19. The van der Waals surface area contributed by atoms with E-state index in [-0.39, 0.29) is 6.04 Å².